The van der Waals surface area contributed by atoms with Crippen molar-refractivity contribution in [1.82, 2.24) is 4.90 Å². The van der Waals surface area contributed by atoms with E-state index in [0.29, 0.717) is 6.04 Å². The Kier molecular flexibility index (Phi) is 4.42. The van der Waals surface area contributed by atoms with E-state index in [0.717, 1.165) is 43.0 Å². The van der Waals surface area contributed by atoms with Crippen LogP contribution in [0, 0.1) is 6.92 Å². The average molecular weight is 285 g/mol. The van der Waals surface area contributed by atoms with Crippen LogP contribution in [-0.4, -0.2) is 22.6 Å². The Balaban J connectivity index is 1.61. The molecule has 2 unspecified atom stereocenters. The van der Waals surface area contributed by atoms with E-state index in [1.807, 2.05) is 43.3 Å². The molecule has 1 aliphatic heterocycles. The minimum atomic E-state index is -0.380. The third-order valence-corrected chi connectivity index (χ3v) is 4.33. The molecule has 21 heavy (non-hydrogen) atoms. The monoisotopic (exact) mass is 285 g/mol. The molecule has 2 heterocycles. The Hall–Kier alpha value is -1.58. The number of hydrogen-bond donors (Lipinski definition) is 1. The predicted octanol–water partition coefficient (Wildman–Crippen LogP) is 3.68. The van der Waals surface area contributed by atoms with E-state index in [9.17, 15) is 5.11 Å². The van der Waals surface area contributed by atoms with Crippen molar-refractivity contribution in [2.45, 2.75) is 44.9 Å². The van der Waals surface area contributed by atoms with E-state index in [1.54, 1.807) is 0 Å². The lowest BCUT2D eigenvalue weighted by molar-refractivity contribution is 0.114. The SMILES string of the molecule is Cc1ccc(CN2CCCC2CC(O)c2ccccc2)o1. The van der Waals surface area contributed by atoms with Crippen molar-refractivity contribution in [2.24, 2.45) is 0 Å². The van der Waals surface area contributed by atoms with Gasteiger partial charge in [0.05, 0.1) is 12.6 Å². The van der Waals surface area contributed by atoms with Gasteiger partial charge in [0, 0.05) is 6.04 Å². The zero-order valence-electron chi connectivity index (χ0n) is 12.5. The van der Waals surface area contributed by atoms with E-state index < -0.39 is 0 Å². The zero-order valence-corrected chi connectivity index (χ0v) is 12.5. The topological polar surface area (TPSA) is 36.6 Å². The highest BCUT2D eigenvalue weighted by Crippen LogP contribution is 2.28. The van der Waals surface area contributed by atoms with E-state index in [4.69, 9.17) is 4.42 Å². The molecule has 0 spiro atoms. The Morgan fingerprint density at radius 2 is 2.05 bits per heavy atom. The summed E-state index contributed by atoms with van der Waals surface area (Å²) in [6.45, 7) is 3.91. The van der Waals surface area contributed by atoms with Crippen LogP contribution in [0.25, 0.3) is 0 Å². The molecule has 1 aromatic carbocycles. The van der Waals surface area contributed by atoms with Gasteiger partial charge in [-0.3, -0.25) is 4.90 Å². The summed E-state index contributed by atoms with van der Waals surface area (Å²) < 4.78 is 5.68. The Morgan fingerprint density at radius 3 is 2.76 bits per heavy atom. The maximum absolute atomic E-state index is 10.4. The maximum atomic E-state index is 10.4. The van der Waals surface area contributed by atoms with Crippen LogP contribution < -0.4 is 0 Å². The second-order valence-corrected chi connectivity index (χ2v) is 5.94. The molecule has 112 valence electrons. The Labute approximate surface area is 126 Å². The van der Waals surface area contributed by atoms with Gasteiger partial charge in [-0.05, 0) is 50.4 Å². The van der Waals surface area contributed by atoms with Crippen LogP contribution in [0.2, 0.25) is 0 Å². The molecule has 1 aromatic heterocycles. The van der Waals surface area contributed by atoms with Gasteiger partial charge in [-0.15, -0.1) is 0 Å². The van der Waals surface area contributed by atoms with Gasteiger partial charge >= 0.3 is 0 Å². The number of hydrogen-bond acceptors (Lipinski definition) is 3. The fraction of sp³-hybridized carbons (Fsp3) is 0.444. The average Bonchev–Trinajstić information content (AvgIpc) is 3.10. The number of benzene rings is 1. The molecule has 0 saturated carbocycles. The summed E-state index contributed by atoms with van der Waals surface area (Å²) in [7, 11) is 0. The van der Waals surface area contributed by atoms with Crippen molar-refractivity contribution < 1.29 is 9.52 Å². The van der Waals surface area contributed by atoms with Crippen LogP contribution in [0.15, 0.2) is 46.9 Å². The van der Waals surface area contributed by atoms with Crippen LogP contribution in [0.1, 0.15) is 42.5 Å². The lowest BCUT2D eigenvalue weighted by atomic mass is 10.0. The summed E-state index contributed by atoms with van der Waals surface area (Å²) in [5.74, 6) is 1.98. The minimum Gasteiger partial charge on any atom is -0.465 e. The highest BCUT2D eigenvalue weighted by molar-refractivity contribution is 5.17. The third-order valence-electron chi connectivity index (χ3n) is 4.33. The van der Waals surface area contributed by atoms with Gasteiger partial charge in [0.1, 0.15) is 11.5 Å². The van der Waals surface area contributed by atoms with E-state index >= 15 is 0 Å². The number of aryl methyl sites for hydroxylation is 1. The Bertz CT molecular complexity index is 564. The second-order valence-electron chi connectivity index (χ2n) is 5.94. The molecule has 1 saturated heterocycles. The van der Waals surface area contributed by atoms with Crippen molar-refractivity contribution in [3.8, 4) is 0 Å². The lowest BCUT2D eigenvalue weighted by Crippen LogP contribution is -2.30. The molecule has 0 bridgehead atoms. The first kappa shape index (κ1) is 14.4. The molecule has 1 N–H and O–H groups in total. The molecule has 3 rings (SSSR count). The maximum Gasteiger partial charge on any atom is 0.118 e. The number of aliphatic hydroxyl groups excluding tert-OH is 1. The van der Waals surface area contributed by atoms with Crippen molar-refractivity contribution in [2.75, 3.05) is 6.54 Å². The van der Waals surface area contributed by atoms with Gasteiger partial charge < -0.3 is 9.52 Å². The first-order chi connectivity index (χ1) is 10.2. The number of rotatable bonds is 5. The molecule has 3 heteroatoms. The van der Waals surface area contributed by atoms with Gasteiger partial charge in [0.2, 0.25) is 0 Å². The molecule has 1 fully saturated rings. The molecule has 3 nitrogen and oxygen atoms in total. The molecule has 0 amide bonds. The quantitative estimate of drug-likeness (QED) is 0.910. The number of likely N-dealkylation sites (tertiary alicyclic amines) is 1. The standard InChI is InChI=1S/C18H23NO2/c1-14-9-10-17(21-14)13-19-11-5-8-16(19)12-18(20)15-6-3-2-4-7-15/h2-4,6-7,9-10,16,18,20H,5,8,11-13H2,1H3. The molecule has 0 radical (unpaired) electrons. The molecule has 0 aliphatic carbocycles. The van der Waals surface area contributed by atoms with E-state index in [1.165, 1.54) is 6.42 Å². The normalized spacial score (nSPS) is 20.8. The number of aliphatic hydroxyl groups is 1. The summed E-state index contributed by atoms with van der Waals surface area (Å²) in [6, 6.07) is 14.5. The van der Waals surface area contributed by atoms with Crippen LogP contribution in [0.5, 0.6) is 0 Å². The summed E-state index contributed by atoms with van der Waals surface area (Å²) in [4.78, 5) is 2.43. The second kappa shape index (κ2) is 6.46. The van der Waals surface area contributed by atoms with Crippen molar-refractivity contribution in [3.63, 3.8) is 0 Å². The Morgan fingerprint density at radius 1 is 1.24 bits per heavy atom. The summed E-state index contributed by atoms with van der Waals surface area (Å²) >= 11 is 0. The lowest BCUT2D eigenvalue weighted by Gasteiger charge is -2.25. The first-order valence-electron chi connectivity index (χ1n) is 7.75. The fourth-order valence-electron chi connectivity index (χ4n) is 3.21. The highest BCUT2D eigenvalue weighted by atomic mass is 16.3. The molecule has 2 atom stereocenters. The molecule has 2 aromatic rings. The van der Waals surface area contributed by atoms with Gasteiger partial charge in [0.25, 0.3) is 0 Å². The molecular weight excluding hydrogens is 262 g/mol. The van der Waals surface area contributed by atoms with Crippen molar-refractivity contribution in [3.05, 3.63) is 59.5 Å². The molecular formula is C18H23NO2. The third kappa shape index (κ3) is 3.55. The van der Waals surface area contributed by atoms with Crippen LogP contribution >= 0.6 is 0 Å². The minimum absolute atomic E-state index is 0.380. The predicted molar refractivity (Wildman–Crippen MR) is 82.9 cm³/mol. The first-order valence-corrected chi connectivity index (χ1v) is 7.75. The van der Waals surface area contributed by atoms with Gasteiger partial charge in [-0.2, -0.15) is 0 Å². The summed E-state index contributed by atoms with van der Waals surface area (Å²) in [5, 5.41) is 10.4. The van der Waals surface area contributed by atoms with Crippen LogP contribution in [0.3, 0.4) is 0 Å². The van der Waals surface area contributed by atoms with Gasteiger partial charge in [-0.1, -0.05) is 30.3 Å². The van der Waals surface area contributed by atoms with Crippen LogP contribution in [0.4, 0.5) is 0 Å². The van der Waals surface area contributed by atoms with Crippen molar-refractivity contribution in [1.29, 1.82) is 0 Å². The fourth-order valence-corrected chi connectivity index (χ4v) is 3.21. The summed E-state index contributed by atoms with van der Waals surface area (Å²) in [5.41, 5.74) is 1.01. The number of nitrogens with zero attached hydrogens (tertiary/aromatic N) is 1. The van der Waals surface area contributed by atoms with Gasteiger partial charge in [0.15, 0.2) is 0 Å². The van der Waals surface area contributed by atoms with Gasteiger partial charge in [-0.25, -0.2) is 0 Å². The highest BCUT2D eigenvalue weighted by Gasteiger charge is 2.27. The van der Waals surface area contributed by atoms with E-state index in [-0.39, 0.29) is 6.10 Å². The smallest absolute Gasteiger partial charge is 0.118 e. The van der Waals surface area contributed by atoms with Crippen LogP contribution in [-0.2, 0) is 6.54 Å². The zero-order chi connectivity index (χ0) is 14.7. The number of furan rings is 1. The largest absolute Gasteiger partial charge is 0.465 e. The summed E-state index contributed by atoms with van der Waals surface area (Å²) in [6.07, 6.45) is 2.77. The van der Waals surface area contributed by atoms with Crippen molar-refractivity contribution >= 4 is 0 Å². The van der Waals surface area contributed by atoms with E-state index in [2.05, 4.69) is 11.0 Å². The molecule has 1 aliphatic rings.